The number of aliphatic hydroxyl groups excluding tert-OH is 1. The van der Waals surface area contributed by atoms with Gasteiger partial charge in [-0.2, -0.15) is 0 Å². The number of anilines is 1. The van der Waals surface area contributed by atoms with E-state index in [2.05, 4.69) is 0 Å². The Bertz CT molecular complexity index is 761. The maximum Gasteiger partial charge on any atom is 0.251 e. The highest BCUT2D eigenvalue weighted by atomic mass is 16.5. The number of carbonyl (C=O) groups is 2. The highest BCUT2D eigenvalue weighted by Crippen LogP contribution is 2.28. The number of nitrogens with zero attached hydrogens (tertiary/aromatic N) is 2. The summed E-state index contributed by atoms with van der Waals surface area (Å²) in [5, 5.41) is 9.40. The molecule has 1 heterocycles. The number of aliphatic hydroxyl groups is 1. The van der Waals surface area contributed by atoms with Crippen LogP contribution in [-0.4, -0.2) is 48.1 Å². The molecule has 6 nitrogen and oxygen atoms in total. The smallest absolute Gasteiger partial charge is 0.251 e. The number of methoxy groups -OCH3 is 1. The highest BCUT2D eigenvalue weighted by Gasteiger charge is 2.42. The summed E-state index contributed by atoms with van der Waals surface area (Å²) in [4.78, 5) is 28.5. The van der Waals surface area contributed by atoms with Crippen LogP contribution in [0.1, 0.15) is 12.0 Å². The van der Waals surface area contributed by atoms with Gasteiger partial charge in [-0.15, -0.1) is 0 Å². The average Bonchev–Trinajstić information content (AvgIpc) is 2.96. The molecule has 0 spiro atoms. The molecule has 0 aliphatic carbocycles. The lowest BCUT2D eigenvalue weighted by Crippen LogP contribution is -2.43. The van der Waals surface area contributed by atoms with Crippen LogP contribution < -0.4 is 9.64 Å². The molecule has 1 fully saturated rings. The number of benzene rings is 2. The van der Waals surface area contributed by atoms with Gasteiger partial charge < -0.3 is 9.84 Å². The van der Waals surface area contributed by atoms with Crippen molar-refractivity contribution in [3.8, 4) is 5.75 Å². The van der Waals surface area contributed by atoms with E-state index in [1.807, 2.05) is 35.2 Å². The van der Waals surface area contributed by atoms with Crippen LogP contribution in [0.2, 0.25) is 0 Å². The van der Waals surface area contributed by atoms with Crippen LogP contribution in [0.25, 0.3) is 0 Å². The third-order valence-corrected chi connectivity index (χ3v) is 4.51. The second kappa shape index (κ2) is 8.12. The van der Waals surface area contributed by atoms with E-state index < -0.39 is 6.04 Å². The zero-order valence-corrected chi connectivity index (χ0v) is 14.7. The van der Waals surface area contributed by atoms with Crippen LogP contribution in [0.4, 0.5) is 5.69 Å². The van der Waals surface area contributed by atoms with Gasteiger partial charge in [0.25, 0.3) is 5.91 Å². The number of ether oxygens (including phenoxy) is 1. The average molecular weight is 354 g/mol. The van der Waals surface area contributed by atoms with E-state index in [4.69, 9.17) is 4.74 Å². The van der Waals surface area contributed by atoms with Gasteiger partial charge in [-0.25, -0.2) is 4.90 Å². The monoisotopic (exact) mass is 354 g/mol. The van der Waals surface area contributed by atoms with E-state index in [-0.39, 0.29) is 24.8 Å². The molecule has 2 aromatic carbocycles. The van der Waals surface area contributed by atoms with E-state index in [0.29, 0.717) is 24.5 Å². The zero-order chi connectivity index (χ0) is 18.5. The summed E-state index contributed by atoms with van der Waals surface area (Å²) in [6.07, 6.45) is 0.109. The minimum Gasteiger partial charge on any atom is -0.497 e. The van der Waals surface area contributed by atoms with Gasteiger partial charge >= 0.3 is 0 Å². The Morgan fingerprint density at radius 3 is 2.42 bits per heavy atom. The molecule has 0 unspecified atom stereocenters. The lowest BCUT2D eigenvalue weighted by atomic mass is 10.1. The second-order valence-electron chi connectivity index (χ2n) is 6.17. The fourth-order valence-corrected chi connectivity index (χ4v) is 3.20. The highest BCUT2D eigenvalue weighted by molar-refractivity contribution is 6.22. The molecule has 2 aromatic rings. The molecule has 1 aliphatic rings. The molecule has 0 bridgehead atoms. The van der Waals surface area contributed by atoms with Crippen LogP contribution in [0.3, 0.4) is 0 Å². The van der Waals surface area contributed by atoms with Crippen molar-refractivity contribution in [2.45, 2.75) is 19.0 Å². The lowest BCUT2D eigenvalue weighted by Gasteiger charge is -2.26. The molecule has 1 aliphatic heterocycles. The molecule has 2 amide bonds. The lowest BCUT2D eigenvalue weighted by molar-refractivity contribution is -0.123. The Hall–Kier alpha value is -2.70. The SMILES string of the molecule is COc1ccc(N2C(=O)C[C@H](N(CCO)Cc3ccccc3)C2=O)cc1. The van der Waals surface area contributed by atoms with Crippen LogP contribution in [0.5, 0.6) is 5.75 Å². The Morgan fingerprint density at radius 2 is 1.81 bits per heavy atom. The first kappa shape index (κ1) is 18.1. The Morgan fingerprint density at radius 1 is 1.12 bits per heavy atom. The quantitative estimate of drug-likeness (QED) is 0.768. The summed E-state index contributed by atoms with van der Waals surface area (Å²) in [6.45, 7) is 0.754. The van der Waals surface area contributed by atoms with Gasteiger partial charge in [-0.05, 0) is 29.8 Å². The number of carbonyl (C=O) groups excluding carboxylic acids is 2. The summed E-state index contributed by atoms with van der Waals surface area (Å²) in [5.74, 6) is 0.168. The molecule has 0 saturated carbocycles. The van der Waals surface area contributed by atoms with E-state index in [0.717, 1.165) is 5.56 Å². The molecule has 0 radical (unpaired) electrons. The molecule has 26 heavy (non-hydrogen) atoms. The largest absolute Gasteiger partial charge is 0.497 e. The maximum absolute atomic E-state index is 12.9. The van der Waals surface area contributed by atoms with Crippen LogP contribution >= 0.6 is 0 Å². The normalized spacial score (nSPS) is 17.2. The van der Waals surface area contributed by atoms with Gasteiger partial charge in [0, 0.05) is 13.1 Å². The van der Waals surface area contributed by atoms with Crippen LogP contribution in [-0.2, 0) is 16.1 Å². The van der Waals surface area contributed by atoms with Gasteiger partial charge in [0.05, 0.1) is 31.9 Å². The Balaban J connectivity index is 1.80. The molecule has 3 rings (SSSR count). The fourth-order valence-electron chi connectivity index (χ4n) is 3.20. The van der Waals surface area contributed by atoms with Crippen LogP contribution in [0.15, 0.2) is 54.6 Å². The molecule has 1 N–H and O–H groups in total. The second-order valence-corrected chi connectivity index (χ2v) is 6.17. The van der Waals surface area contributed by atoms with Crippen molar-refractivity contribution in [1.82, 2.24) is 4.90 Å². The summed E-state index contributed by atoms with van der Waals surface area (Å²) < 4.78 is 5.12. The van der Waals surface area contributed by atoms with Crippen molar-refractivity contribution in [3.63, 3.8) is 0 Å². The number of hydrogen-bond acceptors (Lipinski definition) is 5. The Kier molecular flexibility index (Phi) is 5.65. The van der Waals surface area contributed by atoms with Gasteiger partial charge in [0.1, 0.15) is 5.75 Å². The summed E-state index contributed by atoms with van der Waals surface area (Å²) in [5.41, 5.74) is 1.57. The maximum atomic E-state index is 12.9. The zero-order valence-electron chi connectivity index (χ0n) is 14.7. The first-order valence-electron chi connectivity index (χ1n) is 8.53. The van der Waals surface area contributed by atoms with Gasteiger partial charge in [0.2, 0.25) is 5.91 Å². The van der Waals surface area contributed by atoms with E-state index >= 15 is 0 Å². The minimum atomic E-state index is -0.572. The topological polar surface area (TPSA) is 70.1 Å². The fraction of sp³-hybridized carbons (Fsp3) is 0.300. The van der Waals surface area contributed by atoms with Gasteiger partial charge in [-0.1, -0.05) is 30.3 Å². The predicted molar refractivity (Wildman–Crippen MR) is 97.8 cm³/mol. The van der Waals surface area contributed by atoms with E-state index in [1.54, 1.807) is 31.4 Å². The van der Waals surface area contributed by atoms with Crippen molar-refractivity contribution < 1.29 is 19.4 Å². The molecule has 1 atom stereocenters. The predicted octanol–water partition coefficient (Wildman–Crippen LogP) is 1.82. The number of hydrogen-bond donors (Lipinski definition) is 1. The van der Waals surface area contributed by atoms with Crippen LogP contribution in [0, 0.1) is 0 Å². The van der Waals surface area contributed by atoms with Crippen molar-refractivity contribution in [3.05, 3.63) is 60.2 Å². The van der Waals surface area contributed by atoms with Crippen molar-refractivity contribution in [1.29, 1.82) is 0 Å². The molecular weight excluding hydrogens is 332 g/mol. The van der Waals surface area contributed by atoms with E-state index in [1.165, 1.54) is 4.90 Å². The van der Waals surface area contributed by atoms with Crippen molar-refractivity contribution in [2.24, 2.45) is 0 Å². The Labute approximate surface area is 152 Å². The molecule has 6 heteroatoms. The molecular formula is C20H22N2O4. The molecule has 0 aromatic heterocycles. The number of rotatable bonds is 7. The third-order valence-electron chi connectivity index (χ3n) is 4.51. The first-order chi connectivity index (χ1) is 12.6. The molecule has 1 saturated heterocycles. The van der Waals surface area contributed by atoms with E-state index in [9.17, 15) is 14.7 Å². The summed E-state index contributed by atoms with van der Waals surface area (Å²) in [6, 6.07) is 16.0. The standard InChI is InChI=1S/C20H22N2O4/c1-26-17-9-7-16(8-10-17)22-19(24)13-18(20(22)25)21(11-12-23)14-15-5-3-2-4-6-15/h2-10,18,23H,11-14H2,1H3/t18-/m0/s1. The number of amides is 2. The van der Waals surface area contributed by atoms with Gasteiger partial charge in [0.15, 0.2) is 0 Å². The summed E-state index contributed by atoms with van der Waals surface area (Å²) >= 11 is 0. The first-order valence-corrected chi connectivity index (χ1v) is 8.53. The van der Waals surface area contributed by atoms with Gasteiger partial charge in [-0.3, -0.25) is 14.5 Å². The van der Waals surface area contributed by atoms with Crippen molar-refractivity contribution in [2.75, 3.05) is 25.2 Å². The minimum absolute atomic E-state index is 0.0761. The van der Waals surface area contributed by atoms with Crippen molar-refractivity contribution >= 4 is 17.5 Å². The molecule has 136 valence electrons. The summed E-state index contributed by atoms with van der Waals surface area (Å²) in [7, 11) is 1.56. The third kappa shape index (κ3) is 3.76. The number of imide groups is 1.